The van der Waals surface area contributed by atoms with E-state index < -0.39 is 30.5 Å². The summed E-state index contributed by atoms with van der Waals surface area (Å²) in [6.45, 7) is -0.532. The van der Waals surface area contributed by atoms with Crippen LogP contribution in [0.5, 0.6) is 5.75 Å². The molecule has 1 aliphatic rings. The molecule has 1 heterocycles. The van der Waals surface area contributed by atoms with Crippen molar-refractivity contribution in [2.24, 2.45) is 0 Å². The summed E-state index contributed by atoms with van der Waals surface area (Å²) < 4.78 is 81.4. The first-order valence-electron chi connectivity index (χ1n) is 4.71. The van der Waals surface area contributed by atoms with Crippen molar-refractivity contribution in [3.63, 3.8) is 0 Å². The predicted molar refractivity (Wildman–Crippen MR) is 46.8 cm³/mol. The van der Waals surface area contributed by atoms with E-state index in [1.54, 1.807) is 0 Å². The molecular formula is C10H6F6O2. The quantitative estimate of drug-likeness (QED) is 0.608. The molecule has 100 valence electrons. The van der Waals surface area contributed by atoms with Crippen LogP contribution in [0.2, 0.25) is 0 Å². The number of halogens is 6. The van der Waals surface area contributed by atoms with Crippen LogP contribution in [0, 0.1) is 0 Å². The highest BCUT2D eigenvalue weighted by Crippen LogP contribution is 2.51. The first-order valence-corrected chi connectivity index (χ1v) is 4.71. The van der Waals surface area contributed by atoms with Gasteiger partial charge in [0.25, 0.3) is 0 Å². The maximum Gasteiger partial charge on any atom is 0.573 e. The van der Waals surface area contributed by atoms with Crippen LogP contribution in [-0.2, 0) is 10.3 Å². The van der Waals surface area contributed by atoms with Crippen molar-refractivity contribution in [3.05, 3.63) is 29.8 Å². The predicted octanol–water partition coefficient (Wildman–Crippen LogP) is 3.37. The minimum atomic E-state index is -4.88. The lowest BCUT2D eigenvalue weighted by atomic mass is 9.99. The van der Waals surface area contributed by atoms with Gasteiger partial charge < -0.3 is 9.47 Å². The van der Waals surface area contributed by atoms with Crippen LogP contribution < -0.4 is 4.74 Å². The zero-order valence-electron chi connectivity index (χ0n) is 8.60. The number of hydrogen-bond acceptors (Lipinski definition) is 2. The summed E-state index contributed by atoms with van der Waals surface area (Å²) in [5, 5.41) is 0. The molecule has 0 N–H and O–H groups in total. The number of benzene rings is 1. The molecule has 1 unspecified atom stereocenters. The van der Waals surface area contributed by atoms with E-state index in [1.807, 2.05) is 0 Å². The second kappa shape index (κ2) is 3.78. The standard InChI is InChI=1S/C10H6F6O2/c11-9(12,13)8(5-17-8)6-1-3-7(4-2-6)18-10(14,15)16/h1-4H,5H2. The molecule has 0 bridgehead atoms. The molecule has 0 amide bonds. The van der Waals surface area contributed by atoms with Crippen LogP contribution in [0.25, 0.3) is 0 Å². The van der Waals surface area contributed by atoms with E-state index in [2.05, 4.69) is 9.47 Å². The van der Waals surface area contributed by atoms with Crippen LogP contribution in [0.15, 0.2) is 24.3 Å². The molecule has 1 aliphatic heterocycles. The van der Waals surface area contributed by atoms with Crippen molar-refractivity contribution in [2.75, 3.05) is 6.61 Å². The third kappa shape index (κ3) is 2.38. The number of epoxide rings is 1. The lowest BCUT2D eigenvalue weighted by molar-refractivity contribution is -0.274. The fraction of sp³-hybridized carbons (Fsp3) is 0.400. The van der Waals surface area contributed by atoms with Gasteiger partial charge in [0.05, 0.1) is 6.61 Å². The molecule has 1 saturated heterocycles. The third-order valence-corrected chi connectivity index (χ3v) is 2.45. The lowest BCUT2D eigenvalue weighted by Crippen LogP contribution is -2.30. The topological polar surface area (TPSA) is 21.8 Å². The third-order valence-electron chi connectivity index (χ3n) is 2.45. The van der Waals surface area contributed by atoms with Crippen molar-refractivity contribution in [1.29, 1.82) is 0 Å². The summed E-state index contributed by atoms with van der Waals surface area (Å²) in [6.07, 6.45) is -9.47. The van der Waals surface area contributed by atoms with Gasteiger partial charge in [0.2, 0.25) is 5.60 Å². The van der Waals surface area contributed by atoms with E-state index in [9.17, 15) is 26.3 Å². The Labute approximate surface area is 97.1 Å². The lowest BCUT2D eigenvalue weighted by Gasteiger charge is -2.16. The zero-order valence-corrected chi connectivity index (χ0v) is 8.60. The highest BCUT2D eigenvalue weighted by molar-refractivity contribution is 5.34. The molecule has 1 aromatic carbocycles. The van der Waals surface area contributed by atoms with Crippen molar-refractivity contribution >= 4 is 0 Å². The van der Waals surface area contributed by atoms with Gasteiger partial charge in [-0.3, -0.25) is 0 Å². The summed E-state index contributed by atoms with van der Waals surface area (Å²) in [5.41, 5.74) is -2.63. The fourth-order valence-electron chi connectivity index (χ4n) is 1.49. The van der Waals surface area contributed by atoms with Crippen LogP contribution in [0.4, 0.5) is 26.3 Å². The van der Waals surface area contributed by atoms with Gasteiger partial charge >= 0.3 is 12.5 Å². The highest BCUT2D eigenvalue weighted by Gasteiger charge is 2.67. The van der Waals surface area contributed by atoms with Crippen molar-refractivity contribution in [1.82, 2.24) is 0 Å². The number of ether oxygens (including phenoxy) is 2. The SMILES string of the molecule is FC(F)(F)Oc1ccc(C2(C(F)(F)F)CO2)cc1. The Bertz CT molecular complexity index is 429. The van der Waals surface area contributed by atoms with Gasteiger partial charge in [0.1, 0.15) is 5.75 Å². The second-order valence-electron chi connectivity index (χ2n) is 3.69. The van der Waals surface area contributed by atoms with E-state index in [1.165, 1.54) is 0 Å². The first kappa shape index (κ1) is 13.0. The van der Waals surface area contributed by atoms with Gasteiger partial charge in [0.15, 0.2) is 0 Å². The van der Waals surface area contributed by atoms with E-state index >= 15 is 0 Å². The van der Waals surface area contributed by atoms with Crippen molar-refractivity contribution in [3.8, 4) is 5.75 Å². The Morgan fingerprint density at radius 2 is 1.50 bits per heavy atom. The smallest absolute Gasteiger partial charge is 0.406 e. The summed E-state index contributed by atoms with van der Waals surface area (Å²) >= 11 is 0. The Balaban J connectivity index is 2.19. The van der Waals surface area contributed by atoms with Gasteiger partial charge in [-0.25, -0.2) is 0 Å². The molecule has 0 spiro atoms. The average molecular weight is 272 g/mol. The summed E-state index contributed by atoms with van der Waals surface area (Å²) in [4.78, 5) is 0. The Kier molecular flexibility index (Phi) is 2.73. The molecule has 2 nitrogen and oxygen atoms in total. The normalized spacial score (nSPS) is 23.9. The molecule has 0 radical (unpaired) electrons. The summed E-state index contributed by atoms with van der Waals surface area (Å²) in [6, 6.07) is 3.44. The maximum absolute atomic E-state index is 12.6. The van der Waals surface area contributed by atoms with Crippen molar-refractivity contribution < 1.29 is 35.8 Å². The highest BCUT2D eigenvalue weighted by atomic mass is 19.4. The largest absolute Gasteiger partial charge is 0.573 e. The molecule has 0 aliphatic carbocycles. The Morgan fingerprint density at radius 3 is 1.83 bits per heavy atom. The molecule has 1 fully saturated rings. The van der Waals surface area contributed by atoms with Gasteiger partial charge in [-0.05, 0) is 17.7 Å². The summed E-state index contributed by atoms with van der Waals surface area (Å²) in [7, 11) is 0. The van der Waals surface area contributed by atoms with Gasteiger partial charge in [0, 0.05) is 0 Å². The molecule has 18 heavy (non-hydrogen) atoms. The Morgan fingerprint density at radius 1 is 1.00 bits per heavy atom. The molecule has 0 saturated carbocycles. The molecule has 2 rings (SSSR count). The second-order valence-corrected chi connectivity index (χ2v) is 3.69. The average Bonchev–Trinajstić information content (AvgIpc) is 2.95. The molecule has 8 heteroatoms. The number of hydrogen-bond donors (Lipinski definition) is 0. The van der Waals surface area contributed by atoms with Crippen LogP contribution in [0.3, 0.4) is 0 Å². The summed E-state index contributed by atoms with van der Waals surface area (Å²) in [5.74, 6) is -0.579. The molecular weight excluding hydrogens is 266 g/mol. The van der Waals surface area contributed by atoms with Gasteiger partial charge in [-0.2, -0.15) is 13.2 Å². The molecule has 0 aromatic heterocycles. The van der Waals surface area contributed by atoms with Gasteiger partial charge in [-0.1, -0.05) is 12.1 Å². The Hall–Kier alpha value is -1.44. The zero-order chi connectivity index (χ0) is 13.6. The van der Waals surface area contributed by atoms with Crippen molar-refractivity contribution in [2.45, 2.75) is 18.1 Å². The van der Waals surface area contributed by atoms with E-state index in [4.69, 9.17) is 0 Å². The maximum atomic E-state index is 12.6. The number of rotatable bonds is 2. The van der Waals surface area contributed by atoms with E-state index in [0.717, 1.165) is 24.3 Å². The van der Waals surface area contributed by atoms with Crippen LogP contribution >= 0.6 is 0 Å². The minimum Gasteiger partial charge on any atom is -0.406 e. The van der Waals surface area contributed by atoms with E-state index in [0.29, 0.717) is 0 Å². The van der Waals surface area contributed by atoms with E-state index in [-0.39, 0.29) is 5.56 Å². The molecule has 1 aromatic rings. The monoisotopic (exact) mass is 272 g/mol. The molecule has 1 atom stereocenters. The van der Waals surface area contributed by atoms with Gasteiger partial charge in [-0.15, -0.1) is 13.2 Å². The fourth-order valence-corrected chi connectivity index (χ4v) is 1.49. The van der Waals surface area contributed by atoms with Crippen LogP contribution in [0.1, 0.15) is 5.56 Å². The number of alkyl halides is 6. The van der Waals surface area contributed by atoms with Crippen LogP contribution in [-0.4, -0.2) is 19.1 Å². The minimum absolute atomic E-state index is 0.246. The first-order chi connectivity index (χ1) is 8.14.